The first-order valence-corrected chi connectivity index (χ1v) is 11.4. The van der Waals surface area contributed by atoms with Gasteiger partial charge in [-0.05, 0) is 18.9 Å². The summed E-state index contributed by atoms with van der Waals surface area (Å²) in [5.41, 5.74) is 4.11. The van der Waals surface area contributed by atoms with Gasteiger partial charge in [0.15, 0.2) is 9.84 Å². The molecule has 3 aromatic rings. The number of carbonyl (C=O) groups excluding carboxylic acids is 1. The zero-order chi connectivity index (χ0) is 20.4. The molecule has 1 aliphatic rings. The maximum absolute atomic E-state index is 13.0. The molecule has 0 bridgehead atoms. The summed E-state index contributed by atoms with van der Waals surface area (Å²) < 4.78 is 25.2. The number of hydrogen-bond donors (Lipinski definition) is 1. The summed E-state index contributed by atoms with van der Waals surface area (Å²) in [6.07, 6.45) is 2.19. The molecule has 2 heterocycles. The highest BCUT2D eigenvalue weighted by atomic mass is 32.2. The number of carbonyl (C=O) groups is 1. The third-order valence-corrected chi connectivity index (χ3v) is 6.85. The van der Waals surface area contributed by atoms with Crippen LogP contribution in [0, 0.1) is 6.92 Å². The Morgan fingerprint density at radius 1 is 1.14 bits per heavy atom. The molecule has 0 spiro atoms. The Labute approximate surface area is 170 Å². The van der Waals surface area contributed by atoms with E-state index >= 15 is 0 Å². The van der Waals surface area contributed by atoms with E-state index < -0.39 is 9.84 Å². The van der Waals surface area contributed by atoms with Crippen molar-refractivity contribution in [3.63, 3.8) is 0 Å². The molecule has 1 fully saturated rings. The lowest BCUT2D eigenvalue weighted by Crippen LogP contribution is -2.35. The zero-order valence-corrected chi connectivity index (χ0v) is 17.0. The van der Waals surface area contributed by atoms with Crippen LogP contribution in [-0.4, -0.2) is 41.7 Å². The summed E-state index contributed by atoms with van der Waals surface area (Å²) >= 11 is 0. The molecular weight excluding hydrogens is 386 g/mol. The van der Waals surface area contributed by atoms with E-state index in [2.05, 4.69) is 10.4 Å². The van der Waals surface area contributed by atoms with Crippen molar-refractivity contribution in [1.29, 1.82) is 0 Å². The van der Waals surface area contributed by atoms with Gasteiger partial charge in [-0.15, -0.1) is 0 Å². The van der Waals surface area contributed by atoms with Crippen LogP contribution in [0.2, 0.25) is 0 Å². The molecule has 1 N–H and O–H groups in total. The van der Waals surface area contributed by atoms with Crippen molar-refractivity contribution in [1.82, 2.24) is 15.1 Å². The van der Waals surface area contributed by atoms with E-state index in [0.29, 0.717) is 24.2 Å². The molecule has 150 valence electrons. The van der Waals surface area contributed by atoms with Crippen LogP contribution in [0.25, 0.3) is 11.3 Å². The second-order valence-corrected chi connectivity index (χ2v) is 9.74. The van der Waals surface area contributed by atoms with Crippen molar-refractivity contribution in [3.05, 3.63) is 77.5 Å². The van der Waals surface area contributed by atoms with E-state index in [1.54, 1.807) is 10.9 Å². The van der Waals surface area contributed by atoms with Crippen molar-refractivity contribution < 1.29 is 13.2 Å². The molecule has 1 amide bonds. The third kappa shape index (κ3) is 4.56. The maximum atomic E-state index is 13.0. The van der Waals surface area contributed by atoms with Crippen molar-refractivity contribution in [2.45, 2.75) is 25.9 Å². The normalized spacial score (nSPS) is 17.9. The molecule has 1 saturated heterocycles. The van der Waals surface area contributed by atoms with Gasteiger partial charge in [-0.2, -0.15) is 5.10 Å². The summed E-state index contributed by atoms with van der Waals surface area (Å²) in [4.78, 5) is 13.0. The van der Waals surface area contributed by atoms with E-state index in [1.807, 2.05) is 61.5 Å². The molecule has 0 radical (unpaired) electrons. The Bertz CT molecular complexity index is 1120. The van der Waals surface area contributed by atoms with Gasteiger partial charge in [0, 0.05) is 17.8 Å². The Hall–Kier alpha value is -2.93. The quantitative estimate of drug-likeness (QED) is 0.703. The Morgan fingerprint density at radius 2 is 1.86 bits per heavy atom. The number of benzene rings is 2. The predicted octanol–water partition coefficient (Wildman–Crippen LogP) is 2.82. The highest BCUT2D eigenvalue weighted by Gasteiger charge is 2.30. The van der Waals surface area contributed by atoms with Gasteiger partial charge in [0.25, 0.3) is 5.91 Å². The minimum Gasteiger partial charge on any atom is -0.348 e. The molecule has 6 nitrogen and oxygen atoms in total. The average molecular weight is 410 g/mol. The largest absolute Gasteiger partial charge is 0.348 e. The topological polar surface area (TPSA) is 81.1 Å². The number of aromatic nitrogens is 2. The summed E-state index contributed by atoms with van der Waals surface area (Å²) in [7, 11) is -3.06. The number of aryl methyl sites for hydroxylation is 1. The van der Waals surface area contributed by atoms with Crippen LogP contribution >= 0.6 is 0 Å². The molecule has 1 atom stereocenters. The first kappa shape index (κ1) is 19.4. The van der Waals surface area contributed by atoms with Gasteiger partial charge < -0.3 is 5.32 Å². The Morgan fingerprint density at radius 3 is 2.52 bits per heavy atom. The standard InChI is InChI=1S/C22H23N3O3S/c1-16-7-9-18(10-8-16)21-20(22(26)23-19-11-12-29(27,28)15-19)14-25(24-21)13-17-5-3-2-4-6-17/h2-10,14,19H,11-13,15H2,1H3,(H,23,26). The van der Waals surface area contributed by atoms with Gasteiger partial charge in [-0.1, -0.05) is 60.2 Å². The smallest absolute Gasteiger partial charge is 0.255 e. The van der Waals surface area contributed by atoms with Crippen LogP contribution in [0.5, 0.6) is 0 Å². The van der Waals surface area contributed by atoms with Crippen molar-refractivity contribution >= 4 is 15.7 Å². The fourth-order valence-electron chi connectivity index (χ4n) is 3.54. The molecule has 29 heavy (non-hydrogen) atoms. The predicted molar refractivity (Wildman–Crippen MR) is 112 cm³/mol. The van der Waals surface area contributed by atoms with Crippen LogP contribution in [0.4, 0.5) is 0 Å². The molecular formula is C22H23N3O3S. The van der Waals surface area contributed by atoms with Crippen molar-refractivity contribution in [2.75, 3.05) is 11.5 Å². The third-order valence-electron chi connectivity index (χ3n) is 5.09. The van der Waals surface area contributed by atoms with Crippen LogP contribution in [0.3, 0.4) is 0 Å². The van der Waals surface area contributed by atoms with E-state index in [0.717, 1.165) is 16.7 Å². The SMILES string of the molecule is Cc1ccc(-c2nn(Cc3ccccc3)cc2C(=O)NC2CCS(=O)(=O)C2)cc1. The van der Waals surface area contributed by atoms with Crippen LogP contribution in [0.1, 0.15) is 27.9 Å². The molecule has 1 aromatic heterocycles. The summed E-state index contributed by atoms with van der Waals surface area (Å²) in [5.74, 6) is -0.172. The molecule has 0 aliphatic carbocycles. The van der Waals surface area contributed by atoms with Crippen LogP contribution < -0.4 is 5.32 Å². The number of sulfone groups is 1. The van der Waals surface area contributed by atoms with Crippen molar-refractivity contribution in [2.24, 2.45) is 0 Å². The van der Waals surface area contributed by atoms with Gasteiger partial charge in [0.1, 0.15) is 5.69 Å². The number of nitrogens with one attached hydrogen (secondary N) is 1. The molecule has 2 aromatic carbocycles. The van der Waals surface area contributed by atoms with E-state index in [4.69, 9.17) is 0 Å². The number of amides is 1. The Kier molecular flexibility index (Phi) is 5.24. The van der Waals surface area contributed by atoms with E-state index in [-0.39, 0.29) is 23.5 Å². The average Bonchev–Trinajstić information content (AvgIpc) is 3.26. The minimum atomic E-state index is -3.06. The zero-order valence-electron chi connectivity index (χ0n) is 16.2. The monoisotopic (exact) mass is 409 g/mol. The maximum Gasteiger partial charge on any atom is 0.255 e. The van der Waals surface area contributed by atoms with Gasteiger partial charge in [0.05, 0.1) is 23.6 Å². The molecule has 0 saturated carbocycles. The second kappa shape index (κ2) is 7.83. The summed E-state index contributed by atoms with van der Waals surface area (Å²) in [6.45, 7) is 2.55. The molecule has 7 heteroatoms. The highest BCUT2D eigenvalue weighted by Crippen LogP contribution is 2.24. The molecule has 4 rings (SSSR count). The van der Waals surface area contributed by atoms with Crippen molar-refractivity contribution in [3.8, 4) is 11.3 Å². The van der Waals surface area contributed by atoms with Gasteiger partial charge in [0.2, 0.25) is 0 Å². The van der Waals surface area contributed by atoms with Crippen LogP contribution in [0.15, 0.2) is 60.8 Å². The van der Waals surface area contributed by atoms with Gasteiger partial charge >= 0.3 is 0 Å². The fourth-order valence-corrected chi connectivity index (χ4v) is 5.21. The summed E-state index contributed by atoms with van der Waals surface area (Å²) in [6, 6.07) is 17.4. The second-order valence-electron chi connectivity index (χ2n) is 7.51. The minimum absolute atomic E-state index is 0.00322. The number of hydrogen-bond acceptors (Lipinski definition) is 4. The van der Waals surface area contributed by atoms with E-state index in [9.17, 15) is 13.2 Å². The lowest BCUT2D eigenvalue weighted by atomic mass is 10.1. The first-order chi connectivity index (χ1) is 13.9. The molecule has 1 aliphatic heterocycles. The first-order valence-electron chi connectivity index (χ1n) is 9.59. The Balaban J connectivity index is 1.64. The fraction of sp³-hybridized carbons (Fsp3) is 0.273. The lowest BCUT2D eigenvalue weighted by Gasteiger charge is -2.10. The molecule has 1 unspecified atom stereocenters. The highest BCUT2D eigenvalue weighted by molar-refractivity contribution is 7.91. The van der Waals surface area contributed by atoms with Gasteiger partial charge in [-0.3, -0.25) is 9.48 Å². The summed E-state index contributed by atoms with van der Waals surface area (Å²) in [5, 5.41) is 7.55. The van der Waals surface area contributed by atoms with Gasteiger partial charge in [-0.25, -0.2) is 8.42 Å². The van der Waals surface area contributed by atoms with E-state index in [1.165, 1.54) is 0 Å². The number of rotatable bonds is 5. The number of nitrogens with zero attached hydrogens (tertiary/aromatic N) is 2. The van der Waals surface area contributed by atoms with Crippen LogP contribution in [-0.2, 0) is 16.4 Å². The lowest BCUT2D eigenvalue weighted by molar-refractivity contribution is 0.0941.